The van der Waals surface area contributed by atoms with Gasteiger partial charge in [-0.2, -0.15) is 4.98 Å². The summed E-state index contributed by atoms with van der Waals surface area (Å²) < 4.78 is 9.80. The van der Waals surface area contributed by atoms with Crippen LogP contribution in [0.2, 0.25) is 0 Å². The number of hydrogen-bond acceptors (Lipinski definition) is 8. The molecule has 1 atom stereocenters. The molecule has 4 heterocycles. The molecule has 5 rings (SSSR count). The van der Waals surface area contributed by atoms with Crippen molar-refractivity contribution in [3.63, 3.8) is 0 Å². The first-order valence-corrected chi connectivity index (χ1v) is 14.0. The number of rotatable bonds is 3. The zero-order chi connectivity index (χ0) is 26.9. The smallest absolute Gasteiger partial charge is 0.272 e. The van der Waals surface area contributed by atoms with E-state index < -0.39 is 0 Å². The number of nitrogens with zero attached hydrogens (tertiary/aromatic N) is 5. The van der Waals surface area contributed by atoms with Crippen molar-refractivity contribution in [2.24, 2.45) is 5.41 Å². The van der Waals surface area contributed by atoms with Gasteiger partial charge in [0, 0.05) is 43.2 Å². The Labute approximate surface area is 229 Å². The molecule has 1 amide bonds. The predicted molar refractivity (Wildman–Crippen MR) is 151 cm³/mol. The Bertz CT molecular complexity index is 1300. The molecule has 2 aliphatic heterocycles. The van der Waals surface area contributed by atoms with E-state index in [0.717, 1.165) is 41.9 Å². The van der Waals surface area contributed by atoms with Gasteiger partial charge in [0.2, 0.25) is 11.8 Å². The molecule has 6 bridgehead atoms. The number of aromatic nitrogens is 3. The van der Waals surface area contributed by atoms with Gasteiger partial charge in [-0.15, -0.1) is 0 Å². The average molecular weight is 533 g/mol. The van der Waals surface area contributed by atoms with Crippen LogP contribution < -0.4 is 9.46 Å². The van der Waals surface area contributed by atoms with Gasteiger partial charge in [0.25, 0.3) is 5.91 Å². The number of anilines is 1. The lowest BCUT2D eigenvalue weighted by Gasteiger charge is -2.27. The molecule has 1 unspecified atom stereocenters. The van der Waals surface area contributed by atoms with Gasteiger partial charge in [0.1, 0.15) is 16.8 Å². The number of ether oxygens (including phenoxy) is 1. The van der Waals surface area contributed by atoms with Crippen molar-refractivity contribution in [2.45, 2.75) is 52.2 Å². The molecule has 38 heavy (non-hydrogen) atoms. The number of nitrogens with one attached hydrogen (secondary N) is 1. The molecule has 0 spiro atoms. The Kier molecular flexibility index (Phi) is 7.59. The van der Waals surface area contributed by atoms with Crippen molar-refractivity contribution in [3.05, 3.63) is 59.3 Å². The summed E-state index contributed by atoms with van der Waals surface area (Å²) in [5.74, 6) is 0.861. The highest BCUT2D eigenvalue weighted by atomic mass is 32.2. The predicted octanol–water partition coefficient (Wildman–Crippen LogP) is 5.23. The third-order valence-electron chi connectivity index (χ3n) is 6.95. The van der Waals surface area contributed by atoms with E-state index in [1.807, 2.05) is 23.1 Å². The van der Waals surface area contributed by atoms with E-state index >= 15 is 0 Å². The minimum Gasteiger partial charge on any atom is -0.471 e. The Morgan fingerprint density at radius 3 is 2.53 bits per heavy atom. The normalized spacial score (nSPS) is 18.4. The number of benzene rings is 1. The Morgan fingerprint density at radius 2 is 1.76 bits per heavy atom. The molecule has 2 aliphatic rings. The number of amides is 1. The maximum atomic E-state index is 13.5. The van der Waals surface area contributed by atoms with E-state index in [1.54, 1.807) is 6.07 Å². The van der Waals surface area contributed by atoms with Crippen LogP contribution in [0.1, 0.15) is 48.8 Å². The van der Waals surface area contributed by atoms with Crippen molar-refractivity contribution < 1.29 is 9.53 Å². The first kappa shape index (κ1) is 26.4. The number of fused-ring (bicyclic) bond motifs is 6. The second-order valence-electron chi connectivity index (χ2n) is 11.3. The zero-order valence-corrected chi connectivity index (χ0v) is 23.6. The molecule has 200 valence electrons. The SMILES string of the molecule is Cc1cccc(C)c1-c1cc2nc(n1)NSc1cccc(n1)C(=O)N1CCN(CCC(C)(C)C)CC(C1)O2. The summed E-state index contributed by atoms with van der Waals surface area (Å²) in [5, 5.41) is 0.678. The molecule has 0 radical (unpaired) electrons. The molecule has 9 heteroatoms. The monoisotopic (exact) mass is 532 g/mol. The molecule has 1 fully saturated rings. The van der Waals surface area contributed by atoms with Crippen LogP contribution in [0.25, 0.3) is 11.3 Å². The van der Waals surface area contributed by atoms with Crippen LogP contribution in [0.5, 0.6) is 5.88 Å². The summed E-state index contributed by atoms with van der Waals surface area (Å²) in [5.41, 5.74) is 4.81. The van der Waals surface area contributed by atoms with Gasteiger partial charge in [0.05, 0.1) is 12.2 Å². The van der Waals surface area contributed by atoms with Crippen molar-refractivity contribution >= 4 is 23.8 Å². The van der Waals surface area contributed by atoms with E-state index in [2.05, 4.69) is 67.4 Å². The van der Waals surface area contributed by atoms with Gasteiger partial charge in [-0.25, -0.2) is 9.97 Å². The van der Waals surface area contributed by atoms with Crippen LogP contribution >= 0.6 is 11.9 Å². The highest BCUT2D eigenvalue weighted by Gasteiger charge is 2.30. The molecule has 0 saturated carbocycles. The van der Waals surface area contributed by atoms with Crippen molar-refractivity contribution in [1.82, 2.24) is 24.8 Å². The van der Waals surface area contributed by atoms with Gasteiger partial charge in [-0.05, 0) is 55.5 Å². The third kappa shape index (κ3) is 6.27. The lowest BCUT2D eigenvalue weighted by Crippen LogP contribution is -2.41. The molecular weight excluding hydrogens is 496 g/mol. The summed E-state index contributed by atoms with van der Waals surface area (Å²) in [6, 6.07) is 13.7. The van der Waals surface area contributed by atoms with Gasteiger partial charge < -0.3 is 9.64 Å². The maximum absolute atomic E-state index is 13.5. The Balaban J connectivity index is 1.55. The highest BCUT2D eigenvalue weighted by Crippen LogP contribution is 2.31. The molecule has 1 aromatic carbocycles. The lowest BCUT2D eigenvalue weighted by atomic mass is 9.92. The third-order valence-corrected chi connectivity index (χ3v) is 7.68. The molecule has 8 nitrogen and oxygen atoms in total. The fourth-order valence-electron chi connectivity index (χ4n) is 4.89. The maximum Gasteiger partial charge on any atom is 0.272 e. The first-order valence-electron chi connectivity index (χ1n) is 13.2. The largest absolute Gasteiger partial charge is 0.471 e. The highest BCUT2D eigenvalue weighted by molar-refractivity contribution is 8.00. The summed E-state index contributed by atoms with van der Waals surface area (Å²) in [6.07, 6.45) is 0.818. The first-order chi connectivity index (χ1) is 18.1. The van der Waals surface area contributed by atoms with Gasteiger partial charge in [-0.1, -0.05) is 45.0 Å². The molecule has 0 aliphatic carbocycles. The quantitative estimate of drug-likeness (QED) is 0.459. The Morgan fingerprint density at radius 1 is 1.00 bits per heavy atom. The number of pyridine rings is 1. The Hall–Kier alpha value is -3.17. The van der Waals surface area contributed by atoms with E-state index in [9.17, 15) is 4.79 Å². The topological polar surface area (TPSA) is 83.5 Å². The summed E-state index contributed by atoms with van der Waals surface area (Å²) in [7, 11) is 0. The molecule has 3 aromatic rings. The number of hydrogen-bond donors (Lipinski definition) is 1. The molecule has 1 N–H and O–H groups in total. The lowest BCUT2D eigenvalue weighted by molar-refractivity contribution is 0.0684. The fourth-order valence-corrected chi connectivity index (χ4v) is 5.47. The van der Waals surface area contributed by atoms with Gasteiger partial charge in [0.15, 0.2) is 0 Å². The fraction of sp³-hybridized carbons (Fsp3) is 0.448. The van der Waals surface area contributed by atoms with Crippen LogP contribution in [-0.4, -0.2) is 69.5 Å². The zero-order valence-electron chi connectivity index (χ0n) is 22.8. The number of carbonyl (C=O) groups is 1. The van der Waals surface area contributed by atoms with E-state index in [4.69, 9.17) is 14.7 Å². The van der Waals surface area contributed by atoms with Crippen molar-refractivity contribution in [2.75, 3.05) is 37.4 Å². The number of aryl methyl sites for hydroxylation is 2. The number of carbonyl (C=O) groups excluding carboxylic acids is 1. The van der Waals surface area contributed by atoms with Gasteiger partial charge in [-0.3, -0.25) is 14.4 Å². The second kappa shape index (κ2) is 10.9. The van der Waals surface area contributed by atoms with Crippen LogP contribution in [0.15, 0.2) is 47.5 Å². The molecular formula is C29H36N6O2S. The van der Waals surface area contributed by atoms with Crippen LogP contribution in [-0.2, 0) is 0 Å². The van der Waals surface area contributed by atoms with Crippen molar-refractivity contribution in [3.8, 4) is 17.1 Å². The van der Waals surface area contributed by atoms with Crippen LogP contribution in [0.3, 0.4) is 0 Å². The second-order valence-corrected chi connectivity index (χ2v) is 12.2. The van der Waals surface area contributed by atoms with Crippen LogP contribution in [0, 0.1) is 19.3 Å². The summed E-state index contributed by atoms with van der Waals surface area (Å²) in [6.45, 7) is 14.5. The molecule has 1 saturated heterocycles. The summed E-state index contributed by atoms with van der Waals surface area (Å²) >= 11 is 1.29. The molecule has 2 aromatic heterocycles. The van der Waals surface area contributed by atoms with E-state index in [-0.39, 0.29) is 17.4 Å². The standard InChI is InChI=1S/C29H36N6O2S/c1-19-8-6-9-20(2)26(19)23-16-24-32-28(31-23)33-38-25-11-7-10-22(30-25)27(36)35-15-14-34(13-12-29(3,4)5)17-21(18-35)37-24/h6-11,16,21H,12-15,17-18H2,1-5H3,(H,31,32,33). The minimum atomic E-state index is -0.244. The van der Waals surface area contributed by atoms with Crippen LogP contribution in [0.4, 0.5) is 5.95 Å². The average Bonchev–Trinajstić information content (AvgIpc) is 3.07. The minimum absolute atomic E-state index is 0.0769. The van der Waals surface area contributed by atoms with E-state index in [1.165, 1.54) is 11.9 Å². The van der Waals surface area contributed by atoms with E-state index in [0.29, 0.717) is 42.2 Å². The van der Waals surface area contributed by atoms with Gasteiger partial charge >= 0.3 is 0 Å². The summed E-state index contributed by atoms with van der Waals surface area (Å²) in [4.78, 5) is 32.0. The van der Waals surface area contributed by atoms with Crippen molar-refractivity contribution in [1.29, 1.82) is 0 Å².